The number of carbonyl (C=O) groups excluding carboxylic acids is 1. The van der Waals surface area contributed by atoms with Crippen molar-refractivity contribution < 1.29 is 28.6 Å². The topological polar surface area (TPSA) is 84.9 Å². The van der Waals surface area contributed by atoms with Gasteiger partial charge < -0.3 is 19.9 Å². The molecule has 7 heteroatoms. The predicted molar refractivity (Wildman–Crippen MR) is 77.4 cm³/mol. The average Bonchev–Trinajstić information content (AvgIpc) is 2.37. The van der Waals surface area contributed by atoms with E-state index in [-0.39, 0.29) is 17.7 Å². The second kappa shape index (κ2) is 7.11. The standard InChI is InChI=1S/C15H20FNO5/c1-15(2,3)22-14(20)17-11(13(18)19)8-9-10(16)6-5-7-12(9)21-4/h5-7,11H,8H2,1-4H3,(H,17,20)(H,18,19). The van der Waals surface area contributed by atoms with Crippen LogP contribution in [-0.2, 0) is 16.0 Å². The van der Waals surface area contributed by atoms with Crippen molar-refractivity contribution in [2.45, 2.75) is 38.8 Å². The van der Waals surface area contributed by atoms with Crippen LogP contribution in [0.2, 0.25) is 0 Å². The largest absolute Gasteiger partial charge is 0.496 e. The van der Waals surface area contributed by atoms with Crippen molar-refractivity contribution in [1.82, 2.24) is 5.32 Å². The highest BCUT2D eigenvalue weighted by molar-refractivity contribution is 5.80. The molecular weight excluding hydrogens is 293 g/mol. The zero-order chi connectivity index (χ0) is 16.9. The number of aliphatic carboxylic acids is 1. The van der Waals surface area contributed by atoms with E-state index in [0.29, 0.717) is 0 Å². The van der Waals surface area contributed by atoms with Gasteiger partial charge in [0.25, 0.3) is 0 Å². The first-order valence-electron chi connectivity index (χ1n) is 6.67. The second-order valence-corrected chi connectivity index (χ2v) is 5.66. The molecule has 1 rings (SSSR count). The molecule has 0 saturated carbocycles. The molecule has 0 aliphatic heterocycles. The third kappa shape index (κ3) is 5.23. The summed E-state index contributed by atoms with van der Waals surface area (Å²) in [7, 11) is 1.36. The lowest BCUT2D eigenvalue weighted by atomic mass is 10.0. The fraction of sp³-hybridized carbons (Fsp3) is 0.467. The minimum absolute atomic E-state index is 0.0773. The number of rotatable bonds is 5. The minimum atomic E-state index is -1.33. The maximum atomic E-state index is 13.9. The van der Waals surface area contributed by atoms with Crippen LogP contribution in [0.25, 0.3) is 0 Å². The summed E-state index contributed by atoms with van der Waals surface area (Å²) in [5.41, 5.74) is -0.684. The number of benzene rings is 1. The Kier molecular flexibility index (Phi) is 5.73. The SMILES string of the molecule is COc1cccc(F)c1CC(NC(=O)OC(C)(C)C)C(=O)O. The Morgan fingerprint density at radius 1 is 1.36 bits per heavy atom. The Balaban J connectivity index is 2.90. The van der Waals surface area contributed by atoms with Gasteiger partial charge in [-0.05, 0) is 32.9 Å². The van der Waals surface area contributed by atoms with Crippen molar-refractivity contribution in [3.05, 3.63) is 29.6 Å². The number of hydrogen-bond acceptors (Lipinski definition) is 4. The fourth-order valence-corrected chi connectivity index (χ4v) is 1.78. The van der Waals surface area contributed by atoms with Gasteiger partial charge in [-0.25, -0.2) is 14.0 Å². The molecule has 1 atom stereocenters. The molecule has 1 aromatic carbocycles. The summed E-state index contributed by atoms with van der Waals surface area (Å²) in [5, 5.41) is 11.4. The van der Waals surface area contributed by atoms with Crippen LogP contribution in [0.3, 0.4) is 0 Å². The van der Waals surface area contributed by atoms with Crippen LogP contribution in [0.4, 0.5) is 9.18 Å². The smallest absolute Gasteiger partial charge is 0.408 e. The molecule has 122 valence electrons. The van der Waals surface area contributed by atoms with Crippen molar-refractivity contribution in [3.63, 3.8) is 0 Å². The molecule has 1 amide bonds. The molecule has 0 fully saturated rings. The van der Waals surface area contributed by atoms with Crippen LogP contribution in [0.5, 0.6) is 5.75 Å². The second-order valence-electron chi connectivity index (χ2n) is 5.66. The third-order valence-electron chi connectivity index (χ3n) is 2.69. The van der Waals surface area contributed by atoms with Gasteiger partial charge in [0.1, 0.15) is 23.2 Å². The molecule has 0 bridgehead atoms. The number of amides is 1. The van der Waals surface area contributed by atoms with E-state index in [9.17, 15) is 19.1 Å². The number of methoxy groups -OCH3 is 1. The van der Waals surface area contributed by atoms with Gasteiger partial charge in [-0.2, -0.15) is 0 Å². The van der Waals surface area contributed by atoms with Crippen LogP contribution in [0.1, 0.15) is 26.3 Å². The van der Waals surface area contributed by atoms with E-state index in [1.165, 1.54) is 25.3 Å². The van der Waals surface area contributed by atoms with Crippen molar-refractivity contribution in [2.24, 2.45) is 0 Å². The van der Waals surface area contributed by atoms with Gasteiger partial charge in [0.05, 0.1) is 7.11 Å². The lowest BCUT2D eigenvalue weighted by molar-refractivity contribution is -0.139. The van der Waals surface area contributed by atoms with Crippen molar-refractivity contribution in [2.75, 3.05) is 7.11 Å². The Morgan fingerprint density at radius 2 is 2.00 bits per heavy atom. The zero-order valence-corrected chi connectivity index (χ0v) is 13.0. The van der Waals surface area contributed by atoms with E-state index in [1.807, 2.05) is 0 Å². The monoisotopic (exact) mass is 313 g/mol. The molecule has 0 aliphatic rings. The average molecular weight is 313 g/mol. The number of alkyl carbamates (subject to hydrolysis) is 1. The summed E-state index contributed by atoms with van der Waals surface area (Å²) >= 11 is 0. The van der Waals surface area contributed by atoms with Crippen molar-refractivity contribution >= 4 is 12.1 Å². The molecule has 0 aromatic heterocycles. The molecule has 0 saturated heterocycles. The number of halogens is 1. The van der Waals surface area contributed by atoms with E-state index in [1.54, 1.807) is 20.8 Å². The molecular formula is C15H20FNO5. The highest BCUT2D eigenvalue weighted by atomic mass is 19.1. The first kappa shape index (κ1) is 17.7. The Hall–Kier alpha value is -2.31. The number of carbonyl (C=O) groups is 2. The van der Waals surface area contributed by atoms with E-state index < -0.39 is 29.5 Å². The Labute approximate surface area is 128 Å². The first-order chi connectivity index (χ1) is 10.1. The van der Waals surface area contributed by atoms with Crippen LogP contribution >= 0.6 is 0 Å². The van der Waals surface area contributed by atoms with Crippen molar-refractivity contribution in [1.29, 1.82) is 0 Å². The number of carboxylic acids is 1. The highest BCUT2D eigenvalue weighted by Crippen LogP contribution is 2.23. The molecule has 0 aliphatic carbocycles. The molecule has 2 N–H and O–H groups in total. The van der Waals surface area contributed by atoms with Gasteiger partial charge in [0, 0.05) is 12.0 Å². The lowest BCUT2D eigenvalue weighted by Crippen LogP contribution is -2.44. The summed E-state index contributed by atoms with van der Waals surface area (Å²) in [6.45, 7) is 4.97. The maximum Gasteiger partial charge on any atom is 0.408 e. The van der Waals surface area contributed by atoms with Crippen LogP contribution in [0, 0.1) is 5.82 Å². The summed E-state index contributed by atoms with van der Waals surface area (Å²) in [6.07, 6.45) is -1.14. The third-order valence-corrected chi connectivity index (χ3v) is 2.69. The van der Waals surface area contributed by atoms with Gasteiger partial charge in [0.2, 0.25) is 0 Å². The molecule has 0 radical (unpaired) electrons. The van der Waals surface area contributed by atoms with Gasteiger partial charge in [0.15, 0.2) is 0 Å². The summed E-state index contributed by atoms with van der Waals surface area (Å²) in [5.74, 6) is -1.68. The van der Waals surface area contributed by atoms with Crippen LogP contribution in [0.15, 0.2) is 18.2 Å². The normalized spacial score (nSPS) is 12.4. The fourth-order valence-electron chi connectivity index (χ4n) is 1.78. The molecule has 0 spiro atoms. The summed E-state index contributed by atoms with van der Waals surface area (Å²) in [4.78, 5) is 23.0. The summed E-state index contributed by atoms with van der Waals surface area (Å²) in [6, 6.07) is 2.84. The number of ether oxygens (including phenoxy) is 2. The van der Waals surface area contributed by atoms with E-state index in [4.69, 9.17) is 9.47 Å². The molecule has 1 aromatic rings. The Bertz CT molecular complexity index is 553. The molecule has 6 nitrogen and oxygen atoms in total. The zero-order valence-electron chi connectivity index (χ0n) is 13.0. The van der Waals surface area contributed by atoms with Gasteiger partial charge in [-0.15, -0.1) is 0 Å². The van der Waals surface area contributed by atoms with Crippen LogP contribution < -0.4 is 10.1 Å². The molecule has 22 heavy (non-hydrogen) atoms. The van der Waals surface area contributed by atoms with E-state index in [2.05, 4.69) is 5.32 Å². The highest BCUT2D eigenvalue weighted by Gasteiger charge is 2.26. The van der Waals surface area contributed by atoms with Crippen LogP contribution in [-0.4, -0.2) is 35.9 Å². The minimum Gasteiger partial charge on any atom is -0.496 e. The first-order valence-corrected chi connectivity index (χ1v) is 6.67. The Morgan fingerprint density at radius 3 is 2.50 bits per heavy atom. The molecule has 1 unspecified atom stereocenters. The number of carboxylic acid groups (broad SMARTS) is 1. The van der Waals surface area contributed by atoms with Gasteiger partial charge >= 0.3 is 12.1 Å². The van der Waals surface area contributed by atoms with E-state index in [0.717, 1.165) is 0 Å². The lowest BCUT2D eigenvalue weighted by Gasteiger charge is -2.22. The summed E-state index contributed by atoms with van der Waals surface area (Å²) < 4.78 is 23.9. The number of nitrogens with one attached hydrogen (secondary N) is 1. The van der Waals surface area contributed by atoms with Gasteiger partial charge in [-0.1, -0.05) is 6.07 Å². The maximum absolute atomic E-state index is 13.9. The molecule has 0 heterocycles. The van der Waals surface area contributed by atoms with Crippen molar-refractivity contribution in [3.8, 4) is 5.75 Å². The number of hydrogen-bond donors (Lipinski definition) is 2. The quantitative estimate of drug-likeness (QED) is 0.871. The van der Waals surface area contributed by atoms with E-state index >= 15 is 0 Å². The predicted octanol–water partition coefficient (Wildman–Crippen LogP) is 2.35. The van der Waals surface area contributed by atoms with Gasteiger partial charge in [-0.3, -0.25) is 0 Å².